The number of piperazine rings is 1. The van der Waals surface area contributed by atoms with Crippen LogP contribution in [-0.2, 0) is 4.79 Å². The van der Waals surface area contributed by atoms with E-state index in [1.165, 1.54) is 12.1 Å². The molecule has 0 unspecified atom stereocenters. The van der Waals surface area contributed by atoms with E-state index in [1.807, 2.05) is 18.2 Å². The highest BCUT2D eigenvalue weighted by atomic mass is 32.1. The fourth-order valence-electron chi connectivity index (χ4n) is 3.03. The average molecular weight is 400 g/mol. The fraction of sp³-hybridized carbons (Fsp3) is 0.300. The topological polar surface area (TPSA) is 57.7 Å². The highest BCUT2D eigenvalue weighted by Gasteiger charge is 2.18. The third-order valence-corrected chi connectivity index (χ3v) is 5.71. The maximum absolute atomic E-state index is 13.5. The Hall–Kier alpha value is -2.71. The second-order valence-electron chi connectivity index (χ2n) is 6.74. The number of thiazole rings is 1. The van der Waals surface area contributed by atoms with Crippen molar-refractivity contribution < 1.29 is 13.9 Å². The first kappa shape index (κ1) is 18.6. The minimum absolute atomic E-state index is 0.0624. The number of carbonyl (C=O) groups excluding carboxylic acids is 1. The van der Waals surface area contributed by atoms with E-state index in [0.717, 1.165) is 41.5 Å². The number of nitrogens with zero attached hydrogens (tertiary/aromatic N) is 3. The number of anilines is 2. The smallest absolute Gasteiger partial charge is 0.262 e. The highest BCUT2D eigenvalue weighted by Crippen LogP contribution is 2.31. The number of likely N-dealkylation sites (N-methyl/N-ethyl adjacent to an activating group) is 1. The Balaban J connectivity index is 1.40. The molecular formula is C20H21FN4O2S. The normalized spacial score (nSPS) is 15.0. The lowest BCUT2D eigenvalue weighted by Gasteiger charge is -2.31. The zero-order chi connectivity index (χ0) is 19.5. The molecular weight excluding hydrogens is 379 g/mol. The van der Waals surface area contributed by atoms with E-state index < -0.39 is 5.82 Å². The number of ether oxygens (including phenoxy) is 1. The Morgan fingerprint density at radius 1 is 1.21 bits per heavy atom. The second-order valence-corrected chi connectivity index (χ2v) is 7.75. The Bertz CT molecular complexity index is 985. The van der Waals surface area contributed by atoms with Crippen LogP contribution in [0.4, 0.5) is 15.2 Å². The van der Waals surface area contributed by atoms with Crippen molar-refractivity contribution in [3.05, 3.63) is 48.3 Å². The molecule has 1 aliphatic rings. The summed E-state index contributed by atoms with van der Waals surface area (Å²) in [5, 5.41) is 3.80. The number of carbonyl (C=O) groups is 1. The van der Waals surface area contributed by atoms with Gasteiger partial charge in [0.25, 0.3) is 5.91 Å². The summed E-state index contributed by atoms with van der Waals surface area (Å²) in [5.74, 6) is -0.767. The largest absolute Gasteiger partial charge is 0.481 e. The number of aromatic nitrogens is 1. The quantitative estimate of drug-likeness (QED) is 0.713. The van der Waals surface area contributed by atoms with Gasteiger partial charge in [-0.2, -0.15) is 0 Å². The maximum atomic E-state index is 13.5. The predicted octanol–water partition coefficient (Wildman–Crippen LogP) is 3.20. The molecule has 1 amide bonds. The van der Waals surface area contributed by atoms with Crippen molar-refractivity contribution in [3.63, 3.8) is 0 Å². The Kier molecular flexibility index (Phi) is 5.40. The van der Waals surface area contributed by atoms with Gasteiger partial charge in [-0.15, -0.1) is 0 Å². The summed E-state index contributed by atoms with van der Waals surface area (Å²) in [4.78, 5) is 21.5. The molecule has 1 aliphatic heterocycles. The fourth-order valence-corrected chi connectivity index (χ4v) is 4.08. The number of para-hydroxylation sites is 1. The van der Waals surface area contributed by atoms with Gasteiger partial charge in [0.05, 0.1) is 10.2 Å². The van der Waals surface area contributed by atoms with Crippen molar-refractivity contribution in [2.24, 2.45) is 0 Å². The summed E-state index contributed by atoms with van der Waals surface area (Å²) in [6, 6.07) is 11.6. The number of amides is 1. The van der Waals surface area contributed by atoms with E-state index in [1.54, 1.807) is 23.5 Å². The number of nitrogens with one attached hydrogen (secondary N) is 1. The predicted molar refractivity (Wildman–Crippen MR) is 110 cm³/mol. The highest BCUT2D eigenvalue weighted by molar-refractivity contribution is 7.22. The summed E-state index contributed by atoms with van der Waals surface area (Å²) in [7, 11) is 2.13. The lowest BCUT2D eigenvalue weighted by molar-refractivity contribution is -0.118. The molecule has 0 radical (unpaired) electrons. The van der Waals surface area contributed by atoms with Gasteiger partial charge in [-0.25, -0.2) is 9.37 Å². The van der Waals surface area contributed by atoms with Gasteiger partial charge in [-0.1, -0.05) is 23.5 Å². The van der Waals surface area contributed by atoms with Crippen molar-refractivity contribution in [2.45, 2.75) is 0 Å². The molecule has 0 bridgehead atoms. The van der Waals surface area contributed by atoms with E-state index in [0.29, 0.717) is 5.69 Å². The molecule has 2 aromatic carbocycles. The summed E-state index contributed by atoms with van der Waals surface area (Å²) in [5.41, 5.74) is 1.59. The van der Waals surface area contributed by atoms with Crippen LogP contribution in [0.15, 0.2) is 42.5 Å². The van der Waals surface area contributed by atoms with Crippen LogP contribution in [0.1, 0.15) is 0 Å². The van der Waals surface area contributed by atoms with E-state index in [2.05, 4.69) is 22.2 Å². The van der Waals surface area contributed by atoms with Gasteiger partial charge in [-0.05, 0) is 37.4 Å². The summed E-state index contributed by atoms with van der Waals surface area (Å²) in [6.07, 6.45) is 0. The Labute approximate surface area is 166 Å². The lowest BCUT2D eigenvalue weighted by atomic mass is 10.3. The lowest BCUT2D eigenvalue weighted by Crippen LogP contribution is -2.44. The van der Waals surface area contributed by atoms with E-state index in [4.69, 9.17) is 9.72 Å². The van der Waals surface area contributed by atoms with Gasteiger partial charge in [0.1, 0.15) is 0 Å². The molecule has 4 rings (SSSR count). The summed E-state index contributed by atoms with van der Waals surface area (Å²) >= 11 is 1.62. The third-order valence-electron chi connectivity index (χ3n) is 4.63. The van der Waals surface area contributed by atoms with Crippen LogP contribution in [-0.4, -0.2) is 55.6 Å². The van der Waals surface area contributed by atoms with Crippen molar-refractivity contribution in [1.29, 1.82) is 0 Å². The van der Waals surface area contributed by atoms with Crippen molar-refractivity contribution in [2.75, 3.05) is 50.1 Å². The minimum Gasteiger partial charge on any atom is -0.481 e. The molecule has 1 fully saturated rings. The van der Waals surface area contributed by atoms with Crippen molar-refractivity contribution in [1.82, 2.24) is 9.88 Å². The van der Waals surface area contributed by atoms with E-state index in [9.17, 15) is 9.18 Å². The molecule has 0 aliphatic carbocycles. The van der Waals surface area contributed by atoms with Gasteiger partial charge in [-0.3, -0.25) is 4.79 Å². The molecule has 1 N–H and O–H groups in total. The molecule has 28 heavy (non-hydrogen) atoms. The van der Waals surface area contributed by atoms with Crippen LogP contribution in [0.2, 0.25) is 0 Å². The number of halogens is 1. The number of benzene rings is 2. The van der Waals surface area contributed by atoms with Crippen LogP contribution in [0.3, 0.4) is 0 Å². The first-order chi connectivity index (χ1) is 13.6. The SMILES string of the molecule is CN1CCN(c2nc3ccc(NC(=O)COc4ccccc4F)cc3s2)CC1. The van der Waals surface area contributed by atoms with Crippen LogP contribution in [0.25, 0.3) is 10.2 Å². The van der Waals surface area contributed by atoms with Crippen LogP contribution >= 0.6 is 11.3 Å². The number of fused-ring (bicyclic) bond motifs is 1. The van der Waals surface area contributed by atoms with Crippen LogP contribution in [0, 0.1) is 5.82 Å². The first-order valence-electron chi connectivity index (χ1n) is 9.10. The number of hydrogen-bond donors (Lipinski definition) is 1. The number of hydrogen-bond acceptors (Lipinski definition) is 6. The molecule has 3 aromatic rings. The molecule has 0 saturated carbocycles. The second kappa shape index (κ2) is 8.12. The molecule has 2 heterocycles. The Morgan fingerprint density at radius 3 is 2.79 bits per heavy atom. The molecule has 146 valence electrons. The van der Waals surface area contributed by atoms with Crippen LogP contribution in [0.5, 0.6) is 5.75 Å². The summed E-state index contributed by atoms with van der Waals surface area (Å²) in [6.45, 7) is 3.73. The monoisotopic (exact) mass is 400 g/mol. The standard InChI is InChI=1S/C20H21FN4O2S/c1-24-8-10-25(11-9-24)20-23-16-7-6-14(12-18(16)28-20)22-19(26)13-27-17-5-3-2-4-15(17)21/h2-7,12H,8-11,13H2,1H3,(H,22,26). The maximum Gasteiger partial charge on any atom is 0.262 e. The molecule has 6 nitrogen and oxygen atoms in total. The van der Waals surface area contributed by atoms with Gasteiger partial charge < -0.3 is 19.9 Å². The van der Waals surface area contributed by atoms with E-state index in [-0.39, 0.29) is 18.3 Å². The Morgan fingerprint density at radius 2 is 2.00 bits per heavy atom. The van der Waals surface area contributed by atoms with Gasteiger partial charge >= 0.3 is 0 Å². The third kappa shape index (κ3) is 4.23. The average Bonchev–Trinajstić information content (AvgIpc) is 3.11. The van der Waals surface area contributed by atoms with Gasteiger partial charge in [0.15, 0.2) is 23.3 Å². The van der Waals surface area contributed by atoms with Crippen molar-refractivity contribution in [3.8, 4) is 5.75 Å². The number of rotatable bonds is 5. The zero-order valence-electron chi connectivity index (χ0n) is 15.5. The molecule has 8 heteroatoms. The van der Waals surface area contributed by atoms with E-state index >= 15 is 0 Å². The molecule has 0 spiro atoms. The minimum atomic E-state index is -0.488. The van der Waals surface area contributed by atoms with Gasteiger partial charge in [0.2, 0.25) is 0 Å². The molecule has 1 aromatic heterocycles. The molecule has 0 atom stereocenters. The zero-order valence-corrected chi connectivity index (χ0v) is 16.3. The summed E-state index contributed by atoms with van der Waals surface area (Å²) < 4.78 is 19.8. The van der Waals surface area contributed by atoms with Crippen LogP contribution < -0.4 is 15.0 Å². The van der Waals surface area contributed by atoms with Gasteiger partial charge in [0, 0.05) is 31.9 Å². The first-order valence-corrected chi connectivity index (χ1v) is 9.91. The van der Waals surface area contributed by atoms with Crippen molar-refractivity contribution >= 4 is 38.3 Å². The molecule has 1 saturated heterocycles.